The van der Waals surface area contributed by atoms with Gasteiger partial charge in [-0.25, -0.2) is 0 Å². The van der Waals surface area contributed by atoms with E-state index >= 15 is 0 Å². The van der Waals surface area contributed by atoms with Crippen molar-refractivity contribution in [2.24, 2.45) is 0 Å². The molecule has 0 aromatic rings. The highest BCUT2D eigenvalue weighted by Crippen LogP contribution is 2.09. The molecule has 2 nitrogen and oxygen atoms in total. The number of hydrogen-bond acceptors (Lipinski definition) is 2. The molecule has 0 bridgehead atoms. The number of ether oxygens (including phenoxy) is 1. The first-order valence-electron chi connectivity index (χ1n) is 10.6. The molecule has 0 N–H and O–H groups in total. The molecule has 0 fully saturated rings. The van der Waals surface area contributed by atoms with Crippen LogP contribution in [0.5, 0.6) is 0 Å². The number of carbonyl (C=O) groups is 1. The van der Waals surface area contributed by atoms with Gasteiger partial charge in [0.2, 0.25) is 0 Å². The summed E-state index contributed by atoms with van der Waals surface area (Å²) in [6.07, 6.45) is 16.8. The van der Waals surface area contributed by atoms with Crippen molar-refractivity contribution >= 4 is 5.97 Å². The second-order valence-electron chi connectivity index (χ2n) is 5.20. The topological polar surface area (TPSA) is 26.3 Å². The standard InChI is InChI=1S/C18H34O2/c1-3-5-6-7-8-9-10-11-12-13-14-15-16-17-18(19)20-4-2/h9-10H,3-8,11-17H2,1-2H3/b10-9-/i2D3,4D2. The maximum Gasteiger partial charge on any atom is 0.305 e. The zero-order valence-corrected chi connectivity index (χ0v) is 13.0. The van der Waals surface area contributed by atoms with Crippen molar-refractivity contribution in [3.8, 4) is 0 Å². The second kappa shape index (κ2) is 16.3. The largest absolute Gasteiger partial charge is 0.466 e. The van der Waals surface area contributed by atoms with Gasteiger partial charge in [-0.15, -0.1) is 0 Å². The minimum absolute atomic E-state index is 0.0628. The predicted molar refractivity (Wildman–Crippen MR) is 86.9 cm³/mol. The summed E-state index contributed by atoms with van der Waals surface area (Å²) in [5.41, 5.74) is 0. The van der Waals surface area contributed by atoms with Gasteiger partial charge in [-0.05, 0) is 39.0 Å². The lowest BCUT2D eigenvalue weighted by molar-refractivity contribution is -0.143. The van der Waals surface area contributed by atoms with E-state index in [-0.39, 0.29) is 6.42 Å². The molecule has 0 aromatic carbocycles. The van der Waals surface area contributed by atoms with Gasteiger partial charge < -0.3 is 4.74 Å². The van der Waals surface area contributed by atoms with Gasteiger partial charge in [-0.3, -0.25) is 4.79 Å². The van der Waals surface area contributed by atoms with E-state index in [1.54, 1.807) is 0 Å². The Morgan fingerprint density at radius 2 is 1.60 bits per heavy atom. The Labute approximate surface area is 133 Å². The Bertz CT molecular complexity index is 378. The molecule has 2 heteroatoms. The smallest absolute Gasteiger partial charge is 0.305 e. The molecule has 0 aliphatic rings. The molecule has 0 amide bonds. The number of esters is 1. The van der Waals surface area contributed by atoms with Crippen LogP contribution >= 0.6 is 0 Å². The van der Waals surface area contributed by atoms with Crippen molar-refractivity contribution in [2.75, 3.05) is 6.56 Å². The molecular formula is C18H34O2. The Morgan fingerprint density at radius 1 is 1.00 bits per heavy atom. The van der Waals surface area contributed by atoms with E-state index in [1.165, 1.54) is 32.1 Å². The van der Waals surface area contributed by atoms with E-state index in [0.29, 0.717) is 6.42 Å². The fourth-order valence-electron chi connectivity index (χ4n) is 2.09. The van der Waals surface area contributed by atoms with Crippen molar-refractivity contribution in [3.05, 3.63) is 12.2 Å². The van der Waals surface area contributed by atoms with Gasteiger partial charge in [-0.2, -0.15) is 0 Å². The molecule has 0 radical (unpaired) electrons. The summed E-state index contributed by atoms with van der Waals surface area (Å²) in [5.74, 6) is -0.785. The van der Waals surface area contributed by atoms with E-state index in [4.69, 9.17) is 6.85 Å². The van der Waals surface area contributed by atoms with Crippen molar-refractivity contribution in [3.63, 3.8) is 0 Å². The molecule has 0 rings (SSSR count). The molecule has 118 valence electrons. The first-order chi connectivity index (χ1) is 11.7. The molecule has 0 saturated carbocycles. The van der Waals surface area contributed by atoms with E-state index in [9.17, 15) is 4.79 Å². The van der Waals surface area contributed by atoms with E-state index < -0.39 is 19.4 Å². The minimum Gasteiger partial charge on any atom is -0.466 e. The number of unbranched alkanes of at least 4 members (excludes halogenated alkanes) is 9. The Kier molecular flexibility index (Phi) is 9.62. The molecule has 0 aliphatic carbocycles. The maximum atomic E-state index is 11.5. The van der Waals surface area contributed by atoms with Gasteiger partial charge >= 0.3 is 5.97 Å². The van der Waals surface area contributed by atoms with Gasteiger partial charge in [0.05, 0.1) is 9.30 Å². The summed E-state index contributed by atoms with van der Waals surface area (Å²) in [6, 6.07) is 0. The van der Waals surface area contributed by atoms with Crippen LogP contribution in [0.4, 0.5) is 0 Å². The van der Waals surface area contributed by atoms with Crippen LogP contribution in [0, 0.1) is 0 Å². The van der Waals surface area contributed by atoms with Crippen LogP contribution in [0.25, 0.3) is 0 Å². The van der Waals surface area contributed by atoms with E-state index in [0.717, 1.165) is 32.1 Å². The Balaban J connectivity index is 3.52. The zero-order valence-electron chi connectivity index (χ0n) is 18.0. The van der Waals surface area contributed by atoms with Crippen LogP contribution in [0.2, 0.25) is 0 Å². The molecule has 0 heterocycles. The molecule has 0 aromatic heterocycles. The normalized spacial score (nSPS) is 16.1. The lowest BCUT2D eigenvalue weighted by Crippen LogP contribution is -2.03. The highest BCUT2D eigenvalue weighted by Gasteiger charge is 2.00. The third-order valence-electron chi connectivity index (χ3n) is 3.31. The first-order valence-corrected chi connectivity index (χ1v) is 8.07. The molecule has 0 unspecified atom stereocenters. The molecule has 0 aliphatic heterocycles. The SMILES string of the molecule is [2H]C([2H])([2H])C([2H])([2H])OC(=O)CCCCCCC/C=C\CCCCCC. The second-order valence-corrected chi connectivity index (χ2v) is 5.20. The van der Waals surface area contributed by atoms with E-state index in [2.05, 4.69) is 23.8 Å². The molecule has 0 spiro atoms. The third kappa shape index (κ3) is 15.3. The van der Waals surface area contributed by atoms with Gasteiger partial charge in [0.25, 0.3) is 0 Å². The van der Waals surface area contributed by atoms with Gasteiger partial charge in [0.15, 0.2) is 0 Å². The van der Waals surface area contributed by atoms with Crippen LogP contribution in [-0.4, -0.2) is 12.5 Å². The van der Waals surface area contributed by atoms with Gasteiger partial charge in [0, 0.05) is 10.5 Å². The molecule has 0 saturated heterocycles. The lowest BCUT2D eigenvalue weighted by Gasteiger charge is -2.01. The highest BCUT2D eigenvalue weighted by atomic mass is 16.5. The molecule has 20 heavy (non-hydrogen) atoms. The number of carbonyl (C=O) groups excluding carboxylic acids is 1. The summed E-state index contributed by atoms with van der Waals surface area (Å²) in [7, 11) is 0. The predicted octanol–water partition coefficient (Wildman–Crippen LogP) is 5.81. The number of hydrogen-bond donors (Lipinski definition) is 0. The summed E-state index contributed by atoms with van der Waals surface area (Å²) in [6.45, 7) is -3.65. The van der Waals surface area contributed by atoms with Crippen LogP contribution in [0.15, 0.2) is 12.2 Å². The third-order valence-corrected chi connectivity index (χ3v) is 3.31. The molecule has 0 atom stereocenters. The van der Waals surface area contributed by atoms with Crippen LogP contribution in [0.3, 0.4) is 0 Å². The Hall–Kier alpha value is -0.790. The fraction of sp³-hybridized carbons (Fsp3) is 0.833. The molecular weight excluding hydrogens is 248 g/mol. The zero-order chi connectivity index (χ0) is 19.2. The first kappa shape index (κ1) is 11.8. The number of rotatable bonds is 14. The maximum absolute atomic E-state index is 11.5. The van der Waals surface area contributed by atoms with Crippen LogP contribution in [0.1, 0.15) is 97.7 Å². The van der Waals surface area contributed by atoms with Crippen molar-refractivity contribution in [1.82, 2.24) is 0 Å². The quantitative estimate of drug-likeness (QED) is 0.229. The average molecular weight is 287 g/mol. The average Bonchev–Trinajstić information content (AvgIpc) is 2.50. The van der Waals surface area contributed by atoms with Crippen molar-refractivity contribution in [2.45, 2.75) is 90.8 Å². The van der Waals surface area contributed by atoms with Crippen LogP contribution in [-0.2, 0) is 9.53 Å². The van der Waals surface area contributed by atoms with Crippen molar-refractivity contribution in [1.29, 1.82) is 0 Å². The fourth-order valence-corrected chi connectivity index (χ4v) is 2.09. The van der Waals surface area contributed by atoms with E-state index in [1.807, 2.05) is 0 Å². The lowest BCUT2D eigenvalue weighted by atomic mass is 10.1. The number of allylic oxidation sites excluding steroid dienone is 2. The van der Waals surface area contributed by atoms with Crippen molar-refractivity contribution < 1.29 is 16.4 Å². The highest BCUT2D eigenvalue weighted by molar-refractivity contribution is 5.69. The summed E-state index contributed by atoms with van der Waals surface area (Å²) >= 11 is 0. The summed E-state index contributed by atoms with van der Waals surface area (Å²) in [4.78, 5) is 11.5. The van der Waals surface area contributed by atoms with Gasteiger partial charge in [-0.1, -0.05) is 57.6 Å². The van der Waals surface area contributed by atoms with Gasteiger partial charge in [0.1, 0.15) is 0 Å². The minimum atomic E-state index is -2.95. The summed E-state index contributed by atoms with van der Waals surface area (Å²) in [5, 5.41) is 0. The van der Waals surface area contributed by atoms with Crippen LogP contribution < -0.4 is 0 Å². The monoisotopic (exact) mass is 287 g/mol. The Morgan fingerprint density at radius 3 is 2.25 bits per heavy atom. The summed E-state index contributed by atoms with van der Waals surface area (Å²) < 4.78 is 39.9.